The minimum atomic E-state index is 1.08. The molecule has 0 aliphatic carbocycles. The van der Waals surface area contributed by atoms with Crippen molar-refractivity contribution in [3.05, 3.63) is 45.0 Å². The molecule has 0 unspecified atom stereocenters. The van der Waals surface area contributed by atoms with Crippen molar-refractivity contribution in [3.63, 3.8) is 0 Å². The monoisotopic (exact) mass is 230 g/mol. The van der Waals surface area contributed by atoms with Crippen molar-refractivity contribution in [3.8, 4) is 0 Å². The average molecular weight is 230 g/mol. The Morgan fingerprint density at radius 2 is 1.24 bits per heavy atom. The highest BCUT2D eigenvalue weighted by Crippen LogP contribution is 2.26. The Bertz CT molecular complexity index is 419. The van der Waals surface area contributed by atoms with Crippen molar-refractivity contribution >= 4 is 0 Å². The van der Waals surface area contributed by atoms with E-state index in [-0.39, 0.29) is 0 Å². The van der Waals surface area contributed by atoms with Crippen molar-refractivity contribution in [2.45, 2.75) is 61.3 Å². The van der Waals surface area contributed by atoms with E-state index in [0.29, 0.717) is 0 Å². The molecule has 0 heterocycles. The second-order valence-corrected chi connectivity index (χ2v) is 5.21. The van der Waals surface area contributed by atoms with Crippen LogP contribution in [-0.4, -0.2) is 0 Å². The third-order valence-electron chi connectivity index (χ3n) is 4.37. The van der Waals surface area contributed by atoms with Crippen LogP contribution in [0.4, 0.5) is 0 Å². The smallest absolute Gasteiger partial charge is 0.00894 e. The first-order chi connectivity index (χ1) is 7.90. The Balaban J connectivity index is 3.25. The quantitative estimate of drug-likeness (QED) is 0.632. The van der Waals surface area contributed by atoms with Crippen molar-refractivity contribution in [1.29, 1.82) is 0 Å². The van der Waals surface area contributed by atoms with Gasteiger partial charge in [0.05, 0.1) is 0 Å². The fourth-order valence-corrected chi connectivity index (χ4v) is 2.30. The Kier molecular flexibility index (Phi) is 4.56. The molecule has 1 aromatic rings. The van der Waals surface area contributed by atoms with Gasteiger partial charge in [0.25, 0.3) is 0 Å². The molecule has 0 aliphatic heterocycles. The van der Waals surface area contributed by atoms with Gasteiger partial charge in [-0.25, -0.2) is 0 Å². The second kappa shape index (κ2) is 5.53. The van der Waals surface area contributed by atoms with E-state index < -0.39 is 0 Å². The summed E-state index contributed by atoms with van der Waals surface area (Å²) in [6, 6.07) is 0. The van der Waals surface area contributed by atoms with E-state index in [1.165, 1.54) is 39.0 Å². The molecule has 0 radical (unpaired) electrons. The van der Waals surface area contributed by atoms with Gasteiger partial charge in [-0.1, -0.05) is 18.6 Å². The highest BCUT2D eigenvalue weighted by molar-refractivity contribution is 5.50. The maximum absolute atomic E-state index is 2.38. The van der Waals surface area contributed by atoms with Gasteiger partial charge in [-0.3, -0.25) is 0 Å². The predicted octanol–water partition coefficient (Wildman–Crippen LogP) is 5.13. The Morgan fingerprint density at radius 1 is 0.824 bits per heavy atom. The fraction of sp³-hybridized carbons (Fsp3) is 0.529. The molecular weight excluding hydrogens is 204 g/mol. The van der Waals surface area contributed by atoms with Crippen LogP contribution < -0.4 is 0 Å². The Hall–Kier alpha value is -1.04. The first-order valence-electron chi connectivity index (χ1n) is 6.61. The highest BCUT2D eigenvalue weighted by Gasteiger charge is 2.10. The van der Waals surface area contributed by atoms with Crippen LogP contribution in [-0.2, 0) is 6.42 Å². The summed E-state index contributed by atoms with van der Waals surface area (Å²) in [7, 11) is 0. The Labute approximate surface area is 107 Å². The fourth-order valence-electron chi connectivity index (χ4n) is 2.30. The predicted molar refractivity (Wildman–Crippen MR) is 77.9 cm³/mol. The maximum Gasteiger partial charge on any atom is -0.00894 e. The van der Waals surface area contributed by atoms with Crippen LogP contribution in [0.5, 0.6) is 0 Å². The van der Waals surface area contributed by atoms with Crippen LogP contribution >= 0.6 is 0 Å². The molecule has 0 N–H and O–H groups in total. The zero-order valence-electron chi connectivity index (χ0n) is 12.5. The van der Waals surface area contributed by atoms with Crippen molar-refractivity contribution < 1.29 is 0 Å². The van der Waals surface area contributed by atoms with Gasteiger partial charge in [0.15, 0.2) is 0 Å². The van der Waals surface area contributed by atoms with E-state index in [2.05, 4.69) is 54.5 Å². The normalized spacial score (nSPS) is 12.1. The Morgan fingerprint density at radius 3 is 1.65 bits per heavy atom. The van der Waals surface area contributed by atoms with Crippen molar-refractivity contribution in [2.75, 3.05) is 0 Å². The van der Waals surface area contributed by atoms with Gasteiger partial charge < -0.3 is 0 Å². The lowest BCUT2D eigenvalue weighted by Crippen LogP contribution is -2.02. The summed E-state index contributed by atoms with van der Waals surface area (Å²) in [5, 5.41) is 0. The minimum absolute atomic E-state index is 1.08. The van der Waals surface area contributed by atoms with E-state index in [0.717, 1.165) is 12.8 Å². The van der Waals surface area contributed by atoms with E-state index in [1.807, 2.05) is 0 Å². The molecular formula is C17H26. The number of rotatable bonds is 3. The molecule has 0 atom stereocenters. The highest BCUT2D eigenvalue weighted by atomic mass is 14.2. The molecule has 0 saturated carbocycles. The van der Waals surface area contributed by atoms with E-state index in [4.69, 9.17) is 0 Å². The van der Waals surface area contributed by atoms with Gasteiger partial charge in [0, 0.05) is 0 Å². The molecule has 0 aromatic heterocycles. The number of benzene rings is 1. The lowest BCUT2D eigenvalue weighted by atomic mass is 9.88. The largest absolute Gasteiger partial charge is 0.0812 e. The number of allylic oxidation sites excluding steroid dienone is 2. The van der Waals surface area contributed by atoms with E-state index in [9.17, 15) is 0 Å². The topological polar surface area (TPSA) is 0 Å². The molecule has 0 nitrogen and oxygen atoms in total. The molecule has 0 amide bonds. The minimum Gasteiger partial charge on any atom is -0.0812 e. The first kappa shape index (κ1) is 14.0. The number of hydrogen-bond acceptors (Lipinski definition) is 0. The lowest BCUT2D eigenvalue weighted by Gasteiger charge is -2.18. The molecule has 0 aliphatic rings. The van der Waals surface area contributed by atoms with Crippen molar-refractivity contribution in [1.82, 2.24) is 0 Å². The number of hydrogen-bond donors (Lipinski definition) is 0. The SMILES string of the molecule is CC/C(C)=C\Cc1c(C)c(C)c(C)c(C)c1C. The molecule has 1 aromatic carbocycles. The standard InChI is InChI=1S/C17H26/c1-8-11(2)9-10-17-15(6)13(4)12(3)14(5)16(17)7/h9H,8,10H2,1-7H3/b11-9-. The summed E-state index contributed by atoms with van der Waals surface area (Å²) in [4.78, 5) is 0. The zero-order chi connectivity index (χ0) is 13.2. The van der Waals surface area contributed by atoms with Gasteiger partial charge in [0.2, 0.25) is 0 Å². The zero-order valence-corrected chi connectivity index (χ0v) is 12.5. The molecule has 0 heteroatoms. The molecule has 94 valence electrons. The second-order valence-electron chi connectivity index (χ2n) is 5.21. The van der Waals surface area contributed by atoms with Crippen molar-refractivity contribution in [2.24, 2.45) is 0 Å². The summed E-state index contributed by atoms with van der Waals surface area (Å²) in [5.74, 6) is 0. The van der Waals surface area contributed by atoms with E-state index >= 15 is 0 Å². The van der Waals surface area contributed by atoms with Crippen LogP contribution in [0, 0.1) is 34.6 Å². The lowest BCUT2D eigenvalue weighted by molar-refractivity contribution is 1.04. The van der Waals surface area contributed by atoms with Gasteiger partial charge in [0.1, 0.15) is 0 Å². The molecule has 17 heavy (non-hydrogen) atoms. The molecule has 0 bridgehead atoms. The molecule has 0 fully saturated rings. The summed E-state index contributed by atoms with van der Waals surface area (Å²) < 4.78 is 0. The molecule has 0 saturated heterocycles. The molecule has 0 spiro atoms. The van der Waals surface area contributed by atoms with Crippen LogP contribution in [0.3, 0.4) is 0 Å². The summed E-state index contributed by atoms with van der Waals surface area (Å²) in [5.41, 5.74) is 10.4. The third-order valence-corrected chi connectivity index (χ3v) is 4.37. The van der Waals surface area contributed by atoms with E-state index in [1.54, 1.807) is 0 Å². The third kappa shape index (κ3) is 2.80. The van der Waals surface area contributed by atoms with Gasteiger partial charge in [-0.2, -0.15) is 0 Å². The van der Waals surface area contributed by atoms with Gasteiger partial charge >= 0.3 is 0 Å². The van der Waals surface area contributed by atoms with Crippen LogP contribution in [0.1, 0.15) is 53.6 Å². The summed E-state index contributed by atoms with van der Waals surface area (Å²) in [6.07, 6.45) is 4.62. The first-order valence-corrected chi connectivity index (χ1v) is 6.61. The van der Waals surface area contributed by atoms with Crippen LogP contribution in [0.2, 0.25) is 0 Å². The van der Waals surface area contributed by atoms with Gasteiger partial charge in [-0.05, 0) is 87.8 Å². The van der Waals surface area contributed by atoms with Crippen LogP contribution in [0.15, 0.2) is 11.6 Å². The maximum atomic E-state index is 2.38. The van der Waals surface area contributed by atoms with Crippen LogP contribution in [0.25, 0.3) is 0 Å². The molecule has 1 rings (SSSR count). The summed E-state index contributed by atoms with van der Waals surface area (Å²) >= 11 is 0. The summed E-state index contributed by atoms with van der Waals surface area (Å²) in [6.45, 7) is 15.7. The average Bonchev–Trinajstić information content (AvgIpc) is 2.33. The van der Waals surface area contributed by atoms with Gasteiger partial charge in [-0.15, -0.1) is 0 Å².